The lowest BCUT2D eigenvalue weighted by Gasteiger charge is -1.80. The Morgan fingerprint density at radius 1 is 1.57 bits per heavy atom. The van der Waals surface area contributed by atoms with Gasteiger partial charge in [0.05, 0.1) is 0 Å². The molecule has 39 valence electrons. The van der Waals surface area contributed by atoms with Crippen molar-refractivity contribution in [3.05, 3.63) is 23.8 Å². The molecule has 0 aromatic rings. The molecule has 0 saturated carbocycles. The molecule has 0 amide bonds. The first-order valence-corrected chi connectivity index (χ1v) is 2.45. The van der Waals surface area contributed by atoms with Crippen LogP contribution >= 0.6 is 0 Å². The number of hydrogen-bond donors (Lipinski definition) is 0. The summed E-state index contributed by atoms with van der Waals surface area (Å²) in [6, 6.07) is 0. The van der Waals surface area contributed by atoms with Gasteiger partial charge >= 0.3 is 0 Å². The van der Waals surface area contributed by atoms with E-state index in [1.54, 1.807) is 0 Å². The second-order valence-corrected chi connectivity index (χ2v) is 1.43. The van der Waals surface area contributed by atoms with Gasteiger partial charge in [-0.2, -0.15) is 0 Å². The SMILES string of the molecule is C[C]=C(C)C=CC. The molecule has 0 aromatic heterocycles. The van der Waals surface area contributed by atoms with Crippen LogP contribution in [0.15, 0.2) is 17.7 Å². The maximum Gasteiger partial charge on any atom is -0.0392 e. The van der Waals surface area contributed by atoms with Gasteiger partial charge in [0.2, 0.25) is 0 Å². The predicted molar refractivity (Wildman–Crippen MR) is 32.9 cm³/mol. The highest BCUT2D eigenvalue weighted by Gasteiger charge is 1.70. The summed E-state index contributed by atoms with van der Waals surface area (Å²) in [5.41, 5.74) is 1.20. The van der Waals surface area contributed by atoms with Gasteiger partial charge in [0.25, 0.3) is 0 Å². The van der Waals surface area contributed by atoms with Crippen molar-refractivity contribution in [2.45, 2.75) is 20.8 Å². The molecule has 0 aliphatic rings. The molecule has 0 N–H and O–H groups in total. The Balaban J connectivity index is 3.58. The fraction of sp³-hybridized carbons (Fsp3) is 0.429. The summed E-state index contributed by atoms with van der Waals surface area (Å²) in [5, 5.41) is 0. The summed E-state index contributed by atoms with van der Waals surface area (Å²) in [6.45, 7) is 5.94. The summed E-state index contributed by atoms with van der Waals surface area (Å²) in [4.78, 5) is 0. The molecule has 0 rings (SSSR count). The molecule has 0 saturated heterocycles. The molecular weight excluding hydrogens is 84.1 g/mol. The third-order valence-electron chi connectivity index (χ3n) is 0.811. The van der Waals surface area contributed by atoms with E-state index in [4.69, 9.17) is 0 Å². The summed E-state index contributed by atoms with van der Waals surface area (Å²) in [5.74, 6) is 0. The molecule has 0 aliphatic heterocycles. The Kier molecular flexibility index (Phi) is 3.39. The zero-order valence-electron chi connectivity index (χ0n) is 5.15. The van der Waals surface area contributed by atoms with Crippen LogP contribution in [0.1, 0.15) is 20.8 Å². The molecule has 0 heteroatoms. The maximum absolute atomic E-state index is 3.00. The van der Waals surface area contributed by atoms with Crippen molar-refractivity contribution in [2.75, 3.05) is 0 Å². The fourth-order valence-corrected chi connectivity index (χ4v) is 0.333. The van der Waals surface area contributed by atoms with E-state index in [1.165, 1.54) is 5.57 Å². The van der Waals surface area contributed by atoms with Gasteiger partial charge in [0.15, 0.2) is 0 Å². The molecule has 0 aliphatic carbocycles. The van der Waals surface area contributed by atoms with Gasteiger partial charge in [-0.15, -0.1) is 0 Å². The topological polar surface area (TPSA) is 0 Å². The average molecular weight is 95.2 g/mol. The highest BCUT2D eigenvalue weighted by molar-refractivity contribution is 5.10. The summed E-state index contributed by atoms with van der Waals surface area (Å²) in [6.07, 6.45) is 7.03. The fourth-order valence-electron chi connectivity index (χ4n) is 0.333. The molecule has 0 heterocycles. The second kappa shape index (κ2) is 3.66. The molecule has 1 radical (unpaired) electrons. The second-order valence-electron chi connectivity index (χ2n) is 1.43. The lowest BCUT2D eigenvalue weighted by molar-refractivity contribution is 1.42. The van der Waals surface area contributed by atoms with Crippen molar-refractivity contribution < 1.29 is 0 Å². The van der Waals surface area contributed by atoms with Gasteiger partial charge in [-0.1, -0.05) is 12.2 Å². The van der Waals surface area contributed by atoms with Crippen LogP contribution in [0, 0.1) is 6.08 Å². The number of rotatable bonds is 1. The van der Waals surface area contributed by atoms with Crippen molar-refractivity contribution in [3.63, 3.8) is 0 Å². The summed E-state index contributed by atoms with van der Waals surface area (Å²) >= 11 is 0. The average Bonchev–Trinajstić information content (AvgIpc) is 1.68. The normalized spacial score (nSPS) is 13.3. The minimum absolute atomic E-state index is 1.20. The van der Waals surface area contributed by atoms with Gasteiger partial charge < -0.3 is 0 Å². The first-order valence-electron chi connectivity index (χ1n) is 2.45. The number of hydrogen-bond acceptors (Lipinski definition) is 0. The van der Waals surface area contributed by atoms with Crippen LogP contribution in [0.25, 0.3) is 0 Å². The Hall–Kier alpha value is -0.520. The van der Waals surface area contributed by atoms with Crippen LogP contribution < -0.4 is 0 Å². The smallest absolute Gasteiger partial charge is 0.0392 e. The summed E-state index contributed by atoms with van der Waals surface area (Å²) < 4.78 is 0. The van der Waals surface area contributed by atoms with Gasteiger partial charge in [0, 0.05) is 0 Å². The van der Waals surface area contributed by atoms with Crippen molar-refractivity contribution in [1.82, 2.24) is 0 Å². The highest BCUT2D eigenvalue weighted by Crippen LogP contribution is 1.90. The van der Waals surface area contributed by atoms with Crippen LogP contribution in [-0.2, 0) is 0 Å². The molecule has 0 spiro atoms. The number of allylic oxidation sites excluding steroid dienone is 4. The van der Waals surface area contributed by atoms with E-state index in [1.807, 2.05) is 32.9 Å². The molecule has 0 aromatic carbocycles. The van der Waals surface area contributed by atoms with Crippen molar-refractivity contribution >= 4 is 0 Å². The van der Waals surface area contributed by atoms with Crippen molar-refractivity contribution in [3.8, 4) is 0 Å². The van der Waals surface area contributed by atoms with E-state index in [0.29, 0.717) is 0 Å². The van der Waals surface area contributed by atoms with Gasteiger partial charge in [-0.3, -0.25) is 0 Å². The van der Waals surface area contributed by atoms with Gasteiger partial charge in [0.1, 0.15) is 0 Å². The maximum atomic E-state index is 3.00. The predicted octanol–water partition coefficient (Wildman–Crippen LogP) is 2.33. The molecule has 0 nitrogen and oxygen atoms in total. The first kappa shape index (κ1) is 6.48. The van der Waals surface area contributed by atoms with Crippen molar-refractivity contribution in [1.29, 1.82) is 0 Å². The van der Waals surface area contributed by atoms with Crippen molar-refractivity contribution in [2.24, 2.45) is 0 Å². The minimum Gasteiger partial charge on any atom is -0.0874 e. The Morgan fingerprint density at radius 2 is 2.14 bits per heavy atom. The molecular formula is C7H11. The lowest BCUT2D eigenvalue weighted by Crippen LogP contribution is -1.61. The van der Waals surface area contributed by atoms with Crippen LogP contribution in [0.2, 0.25) is 0 Å². The van der Waals surface area contributed by atoms with E-state index < -0.39 is 0 Å². The molecule has 0 bridgehead atoms. The standard InChI is InChI=1S/C7H11/c1-4-6-7(3)5-2/h4,6H,1-3H3. The van der Waals surface area contributed by atoms with Crippen LogP contribution in [-0.4, -0.2) is 0 Å². The van der Waals surface area contributed by atoms with Crippen LogP contribution in [0.5, 0.6) is 0 Å². The molecule has 7 heavy (non-hydrogen) atoms. The lowest BCUT2D eigenvalue weighted by atomic mass is 10.3. The first-order chi connectivity index (χ1) is 3.31. The molecule has 0 fully saturated rings. The van der Waals surface area contributed by atoms with Crippen LogP contribution in [0.4, 0.5) is 0 Å². The summed E-state index contributed by atoms with van der Waals surface area (Å²) in [7, 11) is 0. The van der Waals surface area contributed by atoms with E-state index >= 15 is 0 Å². The zero-order chi connectivity index (χ0) is 5.70. The van der Waals surface area contributed by atoms with Gasteiger partial charge in [-0.25, -0.2) is 0 Å². The van der Waals surface area contributed by atoms with Crippen LogP contribution in [0.3, 0.4) is 0 Å². The Labute approximate surface area is 45.5 Å². The quantitative estimate of drug-likeness (QED) is 0.438. The van der Waals surface area contributed by atoms with E-state index in [9.17, 15) is 0 Å². The van der Waals surface area contributed by atoms with E-state index in [-0.39, 0.29) is 0 Å². The van der Waals surface area contributed by atoms with E-state index in [2.05, 4.69) is 6.08 Å². The zero-order valence-corrected chi connectivity index (χ0v) is 5.15. The van der Waals surface area contributed by atoms with E-state index in [0.717, 1.165) is 0 Å². The minimum atomic E-state index is 1.20. The largest absolute Gasteiger partial charge is 0.0874 e. The third kappa shape index (κ3) is 3.31. The third-order valence-corrected chi connectivity index (χ3v) is 0.811. The molecule has 0 atom stereocenters. The Morgan fingerprint density at radius 3 is 2.29 bits per heavy atom. The highest BCUT2D eigenvalue weighted by atomic mass is 13.8. The van der Waals surface area contributed by atoms with Gasteiger partial charge in [-0.05, 0) is 32.4 Å². The Bertz CT molecular complexity index is 86.2. The molecule has 0 unspecified atom stereocenters. The monoisotopic (exact) mass is 95.1 g/mol.